The number of Topliss-reactive ketones (excluding diaryl/α,β-unsaturated/α-hetero) is 1. The van der Waals surface area contributed by atoms with Gasteiger partial charge in [-0.1, -0.05) is 17.7 Å². The first-order valence-corrected chi connectivity index (χ1v) is 11.7. The lowest BCUT2D eigenvalue weighted by molar-refractivity contribution is -0.120. The number of alkyl carbamates (subject to hydrolysis) is 1. The summed E-state index contributed by atoms with van der Waals surface area (Å²) in [6.45, 7) is 7.93. The normalized spacial score (nSPS) is 18.7. The maximum absolute atomic E-state index is 12.8. The average Bonchev–Trinajstić information content (AvgIpc) is 2.58. The van der Waals surface area contributed by atoms with Crippen molar-refractivity contribution < 1.29 is 22.7 Å². The summed E-state index contributed by atoms with van der Waals surface area (Å²) >= 11 is 1.36. The minimum absolute atomic E-state index is 0.0395. The number of nitrogens with one attached hydrogen (secondary N) is 1. The van der Waals surface area contributed by atoms with Crippen molar-refractivity contribution in [1.29, 1.82) is 0 Å². The van der Waals surface area contributed by atoms with Gasteiger partial charge in [0.1, 0.15) is 11.4 Å². The number of nitrogens with zero attached hydrogens (tertiary/aromatic N) is 1. The smallest absolute Gasteiger partial charge is 0.407 e. The van der Waals surface area contributed by atoms with E-state index < -0.39 is 27.0 Å². The fourth-order valence-electron chi connectivity index (χ4n) is 2.67. The van der Waals surface area contributed by atoms with E-state index in [1.54, 1.807) is 45.0 Å². The predicted molar refractivity (Wildman–Crippen MR) is 110 cm³/mol. The molecule has 2 rings (SSSR count). The van der Waals surface area contributed by atoms with Crippen LogP contribution < -0.4 is 5.32 Å². The molecule has 1 fully saturated rings. The monoisotopic (exact) mass is 428 g/mol. The molecule has 0 radical (unpaired) electrons. The van der Waals surface area contributed by atoms with Gasteiger partial charge in [-0.25, -0.2) is 13.2 Å². The number of hydrogen-bond acceptors (Lipinski definition) is 6. The molecular formula is C19H28N2O5S2. The molecule has 1 aliphatic heterocycles. The Bertz CT molecular complexity index is 801. The zero-order valence-electron chi connectivity index (χ0n) is 16.7. The van der Waals surface area contributed by atoms with Crippen LogP contribution >= 0.6 is 11.8 Å². The van der Waals surface area contributed by atoms with Gasteiger partial charge in [0.05, 0.1) is 10.1 Å². The Morgan fingerprint density at radius 2 is 1.93 bits per heavy atom. The Morgan fingerprint density at radius 1 is 1.29 bits per heavy atom. The molecule has 0 aliphatic carbocycles. The third-order valence-electron chi connectivity index (χ3n) is 4.08. The van der Waals surface area contributed by atoms with E-state index in [-0.39, 0.29) is 30.2 Å². The van der Waals surface area contributed by atoms with Gasteiger partial charge in [0, 0.05) is 31.8 Å². The van der Waals surface area contributed by atoms with Crippen molar-refractivity contribution in [3.63, 3.8) is 0 Å². The molecule has 0 aromatic heterocycles. The van der Waals surface area contributed by atoms with Crippen LogP contribution in [-0.4, -0.2) is 60.8 Å². The van der Waals surface area contributed by atoms with E-state index >= 15 is 0 Å². The van der Waals surface area contributed by atoms with Crippen LogP contribution in [0.3, 0.4) is 0 Å². The van der Waals surface area contributed by atoms with Crippen molar-refractivity contribution in [1.82, 2.24) is 9.62 Å². The van der Waals surface area contributed by atoms with Crippen molar-refractivity contribution in [2.45, 2.75) is 49.9 Å². The lowest BCUT2D eigenvalue weighted by Gasteiger charge is -2.30. The highest BCUT2D eigenvalue weighted by Crippen LogP contribution is 2.25. The van der Waals surface area contributed by atoms with Gasteiger partial charge in [-0.05, 0) is 39.8 Å². The maximum atomic E-state index is 12.8. The standard InChI is InChI=1S/C19H28N2O5S2/c1-14-5-7-15(8-6-14)28(24,25)21-11-9-16(22)17(13-21)27-12-10-20-18(23)26-19(2,3)4/h5-8,17H,9-13H2,1-4H3,(H,20,23). The SMILES string of the molecule is Cc1ccc(S(=O)(=O)N2CCC(=O)C(SCCNC(=O)OC(C)(C)C)C2)cc1. The summed E-state index contributed by atoms with van der Waals surface area (Å²) in [5, 5.41) is 2.21. The second-order valence-corrected chi connectivity index (χ2v) is 10.9. The van der Waals surface area contributed by atoms with E-state index in [0.29, 0.717) is 12.3 Å². The molecule has 1 N–H and O–H groups in total. The number of ether oxygens (including phenoxy) is 1. The molecule has 7 nitrogen and oxygen atoms in total. The minimum Gasteiger partial charge on any atom is -0.444 e. The van der Waals surface area contributed by atoms with E-state index in [4.69, 9.17) is 4.74 Å². The van der Waals surface area contributed by atoms with Crippen LogP contribution in [0.2, 0.25) is 0 Å². The molecule has 1 aromatic carbocycles. The van der Waals surface area contributed by atoms with Gasteiger partial charge in [0.25, 0.3) is 0 Å². The molecule has 0 saturated carbocycles. The second kappa shape index (κ2) is 9.28. The number of sulfonamides is 1. The van der Waals surface area contributed by atoms with Crippen molar-refractivity contribution in [3.8, 4) is 0 Å². The fraction of sp³-hybridized carbons (Fsp3) is 0.579. The van der Waals surface area contributed by atoms with Gasteiger partial charge in [0.15, 0.2) is 0 Å². The third kappa shape index (κ3) is 6.49. The van der Waals surface area contributed by atoms with Gasteiger partial charge in [0.2, 0.25) is 10.0 Å². The van der Waals surface area contributed by atoms with Gasteiger partial charge in [-0.2, -0.15) is 4.31 Å². The number of carbonyl (C=O) groups is 2. The van der Waals surface area contributed by atoms with Crippen molar-refractivity contribution >= 4 is 33.7 Å². The molecule has 0 bridgehead atoms. The molecule has 28 heavy (non-hydrogen) atoms. The summed E-state index contributed by atoms with van der Waals surface area (Å²) in [6, 6.07) is 6.70. The highest BCUT2D eigenvalue weighted by Gasteiger charge is 2.34. The van der Waals surface area contributed by atoms with E-state index in [0.717, 1.165) is 5.56 Å². The molecule has 1 atom stereocenters. The summed E-state index contributed by atoms with van der Waals surface area (Å²) in [7, 11) is -3.62. The highest BCUT2D eigenvalue weighted by atomic mass is 32.2. The molecule has 156 valence electrons. The van der Waals surface area contributed by atoms with Crippen LogP contribution in [0.25, 0.3) is 0 Å². The highest BCUT2D eigenvalue weighted by molar-refractivity contribution is 8.00. The Balaban J connectivity index is 1.89. The lowest BCUT2D eigenvalue weighted by Crippen LogP contribution is -2.46. The zero-order chi connectivity index (χ0) is 20.9. The summed E-state index contributed by atoms with van der Waals surface area (Å²) in [4.78, 5) is 24.1. The quantitative estimate of drug-likeness (QED) is 0.700. The van der Waals surface area contributed by atoms with Crippen molar-refractivity contribution in [2.75, 3.05) is 25.4 Å². The number of benzene rings is 1. The average molecular weight is 429 g/mol. The number of thioether (sulfide) groups is 1. The largest absolute Gasteiger partial charge is 0.444 e. The predicted octanol–water partition coefficient (Wildman–Crippen LogP) is 2.59. The third-order valence-corrected chi connectivity index (χ3v) is 7.22. The van der Waals surface area contributed by atoms with E-state index in [9.17, 15) is 18.0 Å². The number of piperidine rings is 1. The first-order valence-electron chi connectivity index (χ1n) is 9.17. The van der Waals surface area contributed by atoms with E-state index in [2.05, 4.69) is 5.32 Å². The molecule has 1 amide bonds. The van der Waals surface area contributed by atoms with Gasteiger partial charge in [-0.3, -0.25) is 4.79 Å². The van der Waals surface area contributed by atoms with Crippen molar-refractivity contribution in [2.24, 2.45) is 0 Å². The summed E-state index contributed by atoms with van der Waals surface area (Å²) in [6.07, 6.45) is -0.311. The summed E-state index contributed by atoms with van der Waals surface area (Å²) in [5.41, 5.74) is 0.417. The molecule has 1 saturated heterocycles. The topological polar surface area (TPSA) is 92.8 Å². The molecule has 1 aromatic rings. The molecule has 1 unspecified atom stereocenters. The van der Waals surface area contributed by atoms with Crippen LogP contribution in [-0.2, 0) is 19.6 Å². The molecule has 1 heterocycles. The second-order valence-electron chi connectivity index (χ2n) is 7.68. The van der Waals surface area contributed by atoms with E-state index in [1.807, 2.05) is 6.92 Å². The summed E-state index contributed by atoms with van der Waals surface area (Å²) < 4.78 is 32.2. The number of amides is 1. The Labute approximate surface area is 171 Å². The van der Waals surface area contributed by atoms with Crippen LogP contribution in [0.15, 0.2) is 29.2 Å². The number of hydrogen-bond donors (Lipinski definition) is 1. The van der Waals surface area contributed by atoms with E-state index in [1.165, 1.54) is 16.1 Å². The Hall–Kier alpha value is -1.58. The molecule has 1 aliphatic rings. The number of ketones is 1. The Kier molecular flexibility index (Phi) is 7.52. The number of carbonyl (C=O) groups excluding carboxylic acids is 2. The molecular weight excluding hydrogens is 400 g/mol. The maximum Gasteiger partial charge on any atom is 0.407 e. The van der Waals surface area contributed by atoms with Crippen LogP contribution in [0.1, 0.15) is 32.8 Å². The summed E-state index contributed by atoms with van der Waals surface area (Å²) in [5.74, 6) is 0.534. The number of rotatable bonds is 6. The minimum atomic E-state index is -3.62. The van der Waals surface area contributed by atoms with Gasteiger partial charge in [-0.15, -0.1) is 11.8 Å². The first-order chi connectivity index (χ1) is 13.0. The molecule has 9 heteroatoms. The fourth-order valence-corrected chi connectivity index (χ4v) is 5.31. The lowest BCUT2D eigenvalue weighted by atomic mass is 10.1. The van der Waals surface area contributed by atoms with Gasteiger partial charge < -0.3 is 10.1 Å². The Morgan fingerprint density at radius 3 is 2.54 bits per heavy atom. The van der Waals surface area contributed by atoms with Gasteiger partial charge >= 0.3 is 6.09 Å². The van der Waals surface area contributed by atoms with Crippen LogP contribution in [0.4, 0.5) is 4.79 Å². The first kappa shape index (κ1) is 22.7. The van der Waals surface area contributed by atoms with Crippen molar-refractivity contribution in [3.05, 3.63) is 29.8 Å². The number of aryl methyl sites for hydroxylation is 1. The van der Waals surface area contributed by atoms with Crippen LogP contribution in [0.5, 0.6) is 0 Å². The molecule has 0 spiro atoms. The van der Waals surface area contributed by atoms with Crippen LogP contribution in [0, 0.1) is 6.92 Å². The zero-order valence-corrected chi connectivity index (χ0v) is 18.4.